The van der Waals surface area contributed by atoms with Crippen molar-refractivity contribution < 1.29 is 4.74 Å². The molecule has 96 valence electrons. The molecule has 0 amide bonds. The summed E-state index contributed by atoms with van der Waals surface area (Å²) in [6.07, 6.45) is 2.58. The Balaban J connectivity index is 2.23. The molecule has 2 nitrogen and oxygen atoms in total. The molecule has 1 atom stereocenters. The highest BCUT2D eigenvalue weighted by atomic mass is 35.5. The number of thiazole rings is 1. The molecule has 2 aromatic rings. The summed E-state index contributed by atoms with van der Waals surface area (Å²) in [5.41, 5.74) is 2.79. The Morgan fingerprint density at radius 2 is 2.22 bits per heavy atom. The van der Waals surface area contributed by atoms with Gasteiger partial charge >= 0.3 is 0 Å². The zero-order valence-corrected chi connectivity index (χ0v) is 12.2. The summed E-state index contributed by atoms with van der Waals surface area (Å²) < 4.78 is 5.77. The van der Waals surface area contributed by atoms with Crippen molar-refractivity contribution in [3.05, 3.63) is 50.4 Å². The highest BCUT2D eigenvalue weighted by Gasteiger charge is 2.16. The van der Waals surface area contributed by atoms with E-state index in [1.165, 1.54) is 4.88 Å². The minimum absolute atomic E-state index is 0.0554. The lowest BCUT2D eigenvalue weighted by molar-refractivity contribution is 0.0634. The lowest BCUT2D eigenvalue weighted by atomic mass is 10.1. The average Bonchev–Trinajstić information content (AvgIpc) is 2.81. The third-order valence-electron chi connectivity index (χ3n) is 2.55. The van der Waals surface area contributed by atoms with Crippen LogP contribution in [0.3, 0.4) is 0 Å². The second-order valence-corrected chi connectivity index (χ2v) is 5.60. The summed E-state index contributed by atoms with van der Waals surface area (Å²) in [6.45, 7) is 2.62. The van der Waals surface area contributed by atoms with Gasteiger partial charge in [-0.05, 0) is 24.6 Å². The fourth-order valence-electron chi connectivity index (χ4n) is 1.75. The van der Waals surface area contributed by atoms with Crippen LogP contribution in [-0.4, -0.2) is 11.6 Å². The van der Waals surface area contributed by atoms with Gasteiger partial charge in [-0.25, -0.2) is 0 Å². The number of hydrogen-bond acceptors (Lipinski definition) is 3. The smallest absolute Gasteiger partial charge is 0.0887 e. The van der Waals surface area contributed by atoms with Crippen LogP contribution in [0.4, 0.5) is 0 Å². The fraction of sp³-hybridized carbons (Fsp3) is 0.308. The first-order chi connectivity index (χ1) is 8.70. The Labute approximate surface area is 121 Å². The lowest BCUT2D eigenvalue weighted by Crippen LogP contribution is -2.07. The van der Waals surface area contributed by atoms with Crippen molar-refractivity contribution in [2.75, 3.05) is 6.61 Å². The minimum atomic E-state index is -0.0554. The molecule has 1 aromatic heterocycles. The van der Waals surface area contributed by atoms with E-state index in [1.807, 2.05) is 30.8 Å². The zero-order valence-electron chi connectivity index (χ0n) is 9.90. The second kappa shape index (κ2) is 6.53. The van der Waals surface area contributed by atoms with E-state index in [0.717, 1.165) is 12.0 Å². The maximum Gasteiger partial charge on any atom is 0.0887 e. The van der Waals surface area contributed by atoms with Crippen LogP contribution >= 0.6 is 34.5 Å². The van der Waals surface area contributed by atoms with E-state index < -0.39 is 0 Å². The Morgan fingerprint density at radius 1 is 1.39 bits per heavy atom. The number of ether oxygens (including phenoxy) is 1. The van der Waals surface area contributed by atoms with Crippen molar-refractivity contribution in [1.29, 1.82) is 0 Å². The first-order valence-electron chi connectivity index (χ1n) is 5.64. The van der Waals surface area contributed by atoms with Gasteiger partial charge in [-0.1, -0.05) is 29.3 Å². The summed E-state index contributed by atoms with van der Waals surface area (Å²) in [5, 5.41) is 1.28. The maximum atomic E-state index is 6.22. The van der Waals surface area contributed by atoms with Crippen molar-refractivity contribution in [3.63, 3.8) is 0 Å². The van der Waals surface area contributed by atoms with Crippen molar-refractivity contribution in [2.45, 2.75) is 19.4 Å². The molecule has 0 saturated heterocycles. The van der Waals surface area contributed by atoms with E-state index >= 15 is 0 Å². The summed E-state index contributed by atoms with van der Waals surface area (Å²) in [4.78, 5) is 5.25. The standard InChI is InChI=1S/C13H13Cl2NOS/c1-2-17-13(6-10-7-16-8-18-10)11-4-3-9(14)5-12(11)15/h3-5,7-8,13H,2,6H2,1H3. The Morgan fingerprint density at radius 3 is 2.83 bits per heavy atom. The Bertz CT molecular complexity index is 502. The van der Waals surface area contributed by atoms with Crippen LogP contribution < -0.4 is 0 Å². The molecule has 0 N–H and O–H groups in total. The van der Waals surface area contributed by atoms with Crippen LogP contribution in [0.5, 0.6) is 0 Å². The van der Waals surface area contributed by atoms with E-state index in [2.05, 4.69) is 4.98 Å². The molecule has 0 fully saturated rings. The maximum absolute atomic E-state index is 6.22. The predicted octanol–water partition coefficient (Wildman–Crippen LogP) is 4.77. The summed E-state index contributed by atoms with van der Waals surface area (Å²) >= 11 is 13.8. The number of rotatable bonds is 5. The van der Waals surface area contributed by atoms with Gasteiger partial charge in [0.25, 0.3) is 0 Å². The SMILES string of the molecule is CCOC(Cc1cncs1)c1ccc(Cl)cc1Cl. The molecule has 0 aliphatic heterocycles. The molecule has 0 bridgehead atoms. The molecule has 2 rings (SSSR count). The van der Waals surface area contributed by atoms with Gasteiger partial charge in [0.2, 0.25) is 0 Å². The predicted molar refractivity (Wildman–Crippen MR) is 76.6 cm³/mol. The van der Waals surface area contributed by atoms with Crippen molar-refractivity contribution >= 4 is 34.5 Å². The van der Waals surface area contributed by atoms with Crippen molar-refractivity contribution in [1.82, 2.24) is 4.98 Å². The molecule has 1 unspecified atom stereocenters. The lowest BCUT2D eigenvalue weighted by Gasteiger charge is -2.18. The van der Waals surface area contributed by atoms with Gasteiger partial charge in [-0.3, -0.25) is 4.98 Å². The summed E-state index contributed by atoms with van der Waals surface area (Å²) in [6, 6.07) is 5.50. The second-order valence-electron chi connectivity index (χ2n) is 3.78. The van der Waals surface area contributed by atoms with Crippen LogP contribution in [0, 0.1) is 0 Å². The van der Waals surface area contributed by atoms with Gasteiger partial charge in [-0.15, -0.1) is 11.3 Å². The molecular formula is C13H13Cl2NOS. The van der Waals surface area contributed by atoms with E-state index in [-0.39, 0.29) is 6.10 Å². The first kappa shape index (κ1) is 13.8. The monoisotopic (exact) mass is 301 g/mol. The normalized spacial score (nSPS) is 12.6. The van der Waals surface area contributed by atoms with Crippen molar-refractivity contribution in [3.8, 4) is 0 Å². The zero-order chi connectivity index (χ0) is 13.0. The molecule has 0 spiro atoms. The van der Waals surface area contributed by atoms with Crippen LogP contribution in [0.25, 0.3) is 0 Å². The Hall–Kier alpha value is -0.610. The average molecular weight is 302 g/mol. The first-order valence-corrected chi connectivity index (χ1v) is 7.28. The van der Waals surface area contributed by atoms with Gasteiger partial charge in [0.1, 0.15) is 0 Å². The quantitative estimate of drug-likeness (QED) is 0.793. The van der Waals surface area contributed by atoms with Crippen LogP contribution in [-0.2, 0) is 11.2 Å². The molecule has 5 heteroatoms. The Kier molecular flexibility index (Phi) is 5.01. The number of nitrogens with zero attached hydrogens (tertiary/aromatic N) is 1. The van der Waals surface area contributed by atoms with Gasteiger partial charge in [0.05, 0.1) is 11.6 Å². The van der Waals surface area contributed by atoms with Crippen LogP contribution in [0.15, 0.2) is 29.9 Å². The number of aromatic nitrogens is 1. The molecule has 0 saturated carbocycles. The summed E-state index contributed by atoms with van der Waals surface area (Å²) in [7, 11) is 0. The molecule has 0 aliphatic carbocycles. The summed E-state index contributed by atoms with van der Waals surface area (Å²) in [5.74, 6) is 0. The van der Waals surface area contributed by atoms with E-state index in [1.54, 1.807) is 17.4 Å². The van der Waals surface area contributed by atoms with E-state index in [4.69, 9.17) is 27.9 Å². The largest absolute Gasteiger partial charge is 0.373 e. The topological polar surface area (TPSA) is 22.1 Å². The van der Waals surface area contributed by atoms with E-state index in [0.29, 0.717) is 16.7 Å². The van der Waals surface area contributed by atoms with Crippen LogP contribution in [0.1, 0.15) is 23.5 Å². The molecular weight excluding hydrogens is 289 g/mol. The van der Waals surface area contributed by atoms with Crippen LogP contribution in [0.2, 0.25) is 10.0 Å². The third kappa shape index (κ3) is 3.45. The molecule has 1 heterocycles. The number of hydrogen-bond donors (Lipinski definition) is 0. The molecule has 0 radical (unpaired) electrons. The van der Waals surface area contributed by atoms with Gasteiger partial charge in [0.15, 0.2) is 0 Å². The third-order valence-corrected chi connectivity index (χ3v) is 3.91. The minimum Gasteiger partial charge on any atom is -0.373 e. The van der Waals surface area contributed by atoms with Gasteiger partial charge < -0.3 is 4.74 Å². The van der Waals surface area contributed by atoms with Crippen molar-refractivity contribution in [2.24, 2.45) is 0 Å². The van der Waals surface area contributed by atoms with E-state index in [9.17, 15) is 0 Å². The fourth-order valence-corrected chi connectivity index (χ4v) is 2.90. The van der Waals surface area contributed by atoms with Gasteiger partial charge in [0, 0.05) is 34.1 Å². The highest BCUT2D eigenvalue weighted by molar-refractivity contribution is 7.09. The number of benzene rings is 1. The number of halogens is 2. The van der Waals surface area contributed by atoms with Gasteiger partial charge in [-0.2, -0.15) is 0 Å². The highest BCUT2D eigenvalue weighted by Crippen LogP contribution is 2.31. The molecule has 1 aromatic carbocycles. The molecule has 18 heavy (non-hydrogen) atoms. The molecule has 0 aliphatic rings.